The lowest BCUT2D eigenvalue weighted by atomic mass is 10.1. The van der Waals surface area contributed by atoms with Crippen molar-refractivity contribution in [1.82, 2.24) is 0 Å². The van der Waals surface area contributed by atoms with E-state index in [4.69, 9.17) is 0 Å². The Labute approximate surface area is 106 Å². The van der Waals surface area contributed by atoms with Crippen LogP contribution in [0.25, 0.3) is 0 Å². The SMILES string of the molecule is Cc1cccc(Sc2ccc(C=O)c(C)c2)c1. The number of carbonyl (C=O) groups excluding carboxylic acids is 1. The molecule has 0 bridgehead atoms. The minimum atomic E-state index is 0.763. The average Bonchev–Trinajstić information content (AvgIpc) is 2.29. The highest BCUT2D eigenvalue weighted by Crippen LogP contribution is 2.29. The third kappa shape index (κ3) is 2.98. The smallest absolute Gasteiger partial charge is 0.150 e. The summed E-state index contributed by atoms with van der Waals surface area (Å²) in [6.45, 7) is 4.05. The van der Waals surface area contributed by atoms with Crippen LogP contribution in [0.15, 0.2) is 52.3 Å². The minimum Gasteiger partial charge on any atom is -0.298 e. The van der Waals surface area contributed by atoms with Crippen molar-refractivity contribution in [3.05, 3.63) is 59.2 Å². The van der Waals surface area contributed by atoms with Gasteiger partial charge in [0.25, 0.3) is 0 Å². The van der Waals surface area contributed by atoms with Crippen LogP contribution >= 0.6 is 11.8 Å². The van der Waals surface area contributed by atoms with Gasteiger partial charge < -0.3 is 0 Å². The molecule has 0 unspecified atom stereocenters. The Bertz CT molecular complexity index is 546. The number of rotatable bonds is 3. The first-order valence-electron chi connectivity index (χ1n) is 5.49. The van der Waals surface area contributed by atoms with Crippen LogP contribution in [0.4, 0.5) is 0 Å². The first-order chi connectivity index (χ1) is 8.19. The molecule has 0 aromatic heterocycles. The average molecular weight is 242 g/mol. The molecule has 2 aromatic rings. The van der Waals surface area contributed by atoms with Gasteiger partial charge in [0.15, 0.2) is 0 Å². The number of hydrogen-bond acceptors (Lipinski definition) is 2. The summed E-state index contributed by atoms with van der Waals surface area (Å²) in [7, 11) is 0. The van der Waals surface area contributed by atoms with E-state index in [0.717, 1.165) is 17.4 Å². The lowest BCUT2D eigenvalue weighted by Gasteiger charge is -2.05. The predicted molar refractivity (Wildman–Crippen MR) is 71.9 cm³/mol. The lowest BCUT2D eigenvalue weighted by molar-refractivity contribution is 0.112. The number of hydrogen-bond donors (Lipinski definition) is 0. The molecule has 86 valence electrons. The summed E-state index contributed by atoms with van der Waals surface area (Å²) in [5.41, 5.74) is 3.05. The predicted octanol–water partition coefficient (Wildman–Crippen LogP) is 4.27. The van der Waals surface area contributed by atoms with Gasteiger partial charge >= 0.3 is 0 Å². The summed E-state index contributed by atoms with van der Waals surface area (Å²) < 4.78 is 0. The van der Waals surface area contributed by atoms with E-state index in [1.807, 2.05) is 19.1 Å². The van der Waals surface area contributed by atoms with Gasteiger partial charge in [-0.3, -0.25) is 4.79 Å². The van der Waals surface area contributed by atoms with Crippen molar-refractivity contribution in [2.24, 2.45) is 0 Å². The molecule has 0 heterocycles. The largest absolute Gasteiger partial charge is 0.298 e. The molecule has 2 heteroatoms. The van der Waals surface area contributed by atoms with Crippen molar-refractivity contribution < 1.29 is 4.79 Å². The summed E-state index contributed by atoms with van der Waals surface area (Å²) in [6, 6.07) is 14.3. The maximum Gasteiger partial charge on any atom is 0.150 e. The highest BCUT2D eigenvalue weighted by molar-refractivity contribution is 7.99. The molecule has 0 amide bonds. The fraction of sp³-hybridized carbons (Fsp3) is 0.133. The van der Waals surface area contributed by atoms with Crippen LogP contribution in [0, 0.1) is 13.8 Å². The van der Waals surface area contributed by atoms with E-state index in [0.29, 0.717) is 0 Å². The molecule has 0 atom stereocenters. The molecule has 0 N–H and O–H groups in total. The van der Waals surface area contributed by atoms with Crippen molar-refractivity contribution in [2.75, 3.05) is 0 Å². The molecule has 2 aromatic carbocycles. The van der Waals surface area contributed by atoms with Crippen LogP contribution in [0.3, 0.4) is 0 Å². The second-order valence-corrected chi connectivity index (χ2v) is 5.20. The second kappa shape index (κ2) is 5.19. The van der Waals surface area contributed by atoms with Crippen LogP contribution < -0.4 is 0 Å². The first-order valence-corrected chi connectivity index (χ1v) is 6.31. The Morgan fingerprint density at radius 3 is 2.41 bits per heavy atom. The third-order valence-corrected chi connectivity index (χ3v) is 3.57. The van der Waals surface area contributed by atoms with E-state index in [2.05, 4.69) is 37.3 Å². The molecule has 1 nitrogen and oxygen atoms in total. The fourth-order valence-electron chi connectivity index (χ4n) is 1.66. The summed E-state index contributed by atoms with van der Waals surface area (Å²) >= 11 is 1.72. The van der Waals surface area contributed by atoms with Gasteiger partial charge in [-0.05, 0) is 43.7 Å². The zero-order valence-electron chi connectivity index (χ0n) is 9.94. The van der Waals surface area contributed by atoms with E-state index < -0.39 is 0 Å². The molecule has 17 heavy (non-hydrogen) atoms. The van der Waals surface area contributed by atoms with Crippen molar-refractivity contribution in [1.29, 1.82) is 0 Å². The molecule has 0 spiro atoms. The molecule has 0 saturated heterocycles. The van der Waals surface area contributed by atoms with Crippen molar-refractivity contribution in [2.45, 2.75) is 23.6 Å². The van der Waals surface area contributed by atoms with E-state index in [1.54, 1.807) is 11.8 Å². The fourth-order valence-corrected chi connectivity index (χ4v) is 2.69. The summed E-state index contributed by atoms with van der Waals surface area (Å²) in [4.78, 5) is 13.1. The molecular formula is C15H14OS. The third-order valence-electron chi connectivity index (χ3n) is 2.59. The van der Waals surface area contributed by atoms with Gasteiger partial charge in [0, 0.05) is 15.4 Å². The van der Waals surface area contributed by atoms with Gasteiger partial charge in [-0.25, -0.2) is 0 Å². The van der Waals surface area contributed by atoms with E-state index >= 15 is 0 Å². The Morgan fingerprint density at radius 1 is 1.00 bits per heavy atom. The molecule has 0 saturated carbocycles. The number of benzene rings is 2. The summed E-state index contributed by atoms with van der Waals surface area (Å²) in [5.74, 6) is 0. The Balaban J connectivity index is 2.24. The van der Waals surface area contributed by atoms with Crippen molar-refractivity contribution in [3.63, 3.8) is 0 Å². The highest BCUT2D eigenvalue weighted by atomic mass is 32.2. The topological polar surface area (TPSA) is 17.1 Å². The quantitative estimate of drug-likeness (QED) is 0.748. The number of aldehydes is 1. The minimum absolute atomic E-state index is 0.763. The highest BCUT2D eigenvalue weighted by Gasteiger charge is 2.01. The Morgan fingerprint density at radius 2 is 1.76 bits per heavy atom. The molecule has 0 aliphatic heterocycles. The molecular weight excluding hydrogens is 228 g/mol. The van der Waals surface area contributed by atoms with E-state index in [9.17, 15) is 4.79 Å². The zero-order valence-corrected chi connectivity index (χ0v) is 10.8. The van der Waals surface area contributed by atoms with Crippen LogP contribution in [0.1, 0.15) is 21.5 Å². The Hall–Kier alpha value is -1.54. The van der Waals surface area contributed by atoms with Crippen LogP contribution in [0.2, 0.25) is 0 Å². The normalized spacial score (nSPS) is 10.2. The van der Waals surface area contributed by atoms with E-state index in [1.165, 1.54) is 15.4 Å². The van der Waals surface area contributed by atoms with Gasteiger partial charge in [-0.2, -0.15) is 0 Å². The second-order valence-electron chi connectivity index (χ2n) is 4.05. The van der Waals surface area contributed by atoms with Gasteiger partial charge in [0.05, 0.1) is 0 Å². The molecule has 0 aliphatic rings. The molecule has 2 rings (SSSR count). The maximum atomic E-state index is 10.7. The van der Waals surface area contributed by atoms with Crippen molar-refractivity contribution >= 4 is 18.0 Å². The van der Waals surface area contributed by atoms with Gasteiger partial charge in [0.2, 0.25) is 0 Å². The van der Waals surface area contributed by atoms with Crippen LogP contribution in [0.5, 0.6) is 0 Å². The van der Waals surface area contributed by atoms with Crippen molar-refractivity contribution in [3.8, 4) is 0 Å². The zero-order chi connectivity index (χ0) is 12.3. The molecule has 0 fully saturated rings. The van der Waals surface area contributed by atoms with Gasteiger partial charge in [0.1, 0.15) is 6.29 Å². The standard InChI is InChI=1S/C15H14OS/c1-11-4-3-5-14(8-11)17-15-7-6-13(10-16)12(2)9-15/h3-10H,1-2H3. The van der Waals surface area contributed by atoms with Crippen LogP contribution in [-0.2, 0) is 0 Å². The number of aryl methyl sites for hydroxylation is 2. The van der Waals surface area contributed by atoms with E-state index in [-0.39, 0.29) is 0 Å². The summed E-state index contributed by atoms with van der Waals surface area (Å²) in [6.07, 6.45) is 0.899. The molecule has 0 radical (unpaired) electrons. The summed E-state index contributed by atoms with van der Waals surface area (Å²) in [5, 5.41) is 0. The first kappa shape index (κ1) is 11.9. The Kier molecular flexibility index (Phi) is 3.64. The maximum absolute atomic E-state index is 10.7. The monoisotopic (exact) mass is 242 g/mol. The van der Waals surface area contributed by atoms with Gasteiger partial charge in [-0.15, -0.1) is 0 Å². The number of carbonyl (C=O) groups is 1. The molecule has 0 aliphatic carbocycles. The van der Waals surface area contributed by atoms with Crippen LogP contribution in [-0.4, -0.2) is 6.29 Å². The van der Waals surface area contributed by atoms with Gasteiger partial charge in [-0.1, -0.05) is 35.5 Å². The lowest BCUT2D eigenvalue weighted by Crippen LogP contribution is -1.86.